The summed E-state index contributed by atoms with van der Waals surface area (Å²) < 4.78 is 5.23. The summed E-state index contributed by atoms with van der Waals surface area (Å²) in [5.41, 5.74) is 3.88. The quantitative estimate of drug-likeness (QED) is 0.0951. The number of non-ortho nitro benzene ring substituents is 1. The van der Waals surface area contributed by atoms with E-state index in [9.17, 15) is 14.9 Å². The molecule has 0 aliphatic carbocycles. The Hall–Kier alpha value is -2.13. The lowest BCUT2D eigenvalue weighted by atomic mass is 10.1. The Bertz CT molecular complexity index is 739. The fraction of sp³-hybridized carbons (Fsp3) is 0.625. The van der Waals surface area contributed by atoms with Crippen LogP contribution in [0.3, 0.4) is 0 Å². The first-order valence-corrected chi connectivity index (χ1v) is 14.0. The number of ether oxygens (including phenoxy) is 1. The highest BCUT2D eigenvalue weighted by molar-refractivity contribution is 6.87. The van der Waals surface area contributed by atoms with Crippen molar-refractivity contribution in [3.05, 3.63) is 39.9 Å². The molecule has 1 aromatic carbocycles. The minimum atomic E-state index is -1.46. The molecule has 0 bridgehead atoms. The molecule has 30 heavy (non-hydrogen) atoms. The van der Waals surface area contributed by atoms with Crippen LogP contribution in [0.15, 0.2) is 24.3 Å². The van der Waals surface area contributed by atoms with Crippen molar-refractivity contribution < 1.29 is 14.5 Å². The average Bonchev–Trinajstić information content (AvgIpc) is 2.67. The zero-order valence-corrected chi connectivity index (χ0v) is 20.3. The summed E-state index contributed by atoms with van der Waals surface area (Å²) in [5.74, 6) is 2.99. The van der Waals surface area contributed by atoms with Crippen LogP contribution in [0.4, 0.5) is 5.69 Å². The summed E-state index contributed by atoms with van der Waals surface area (Å²) in [7, 11) is -1.46. The fourth-order valence-corrected chi connectivity index (χ4v) is 3.58. The summed E-state index contributed by atoms with van der Waals surface area (Å²) in [5, 5.41) is 10.9. The molecule has 5 nitrogen and oxygen atoms in total. The van der Waals surface area contributed by atoms with Crippen molar-refractivity contribution in [2.75, 3.05) is 6.61 Å². The van der Waals surface area contributed by atoms with E-state index >= 15 is 0 Å². The van der Waals surface area contributed by atoms with Crippen LogP contribution < -0.4 is 0 Å². The molecule has 0 unspecified atom stereocenters. The Morgan fingerprint density at radius 3 is 2.07 bits per heavy atom. The number of nitrogens with zero attached hydrogens (tertiary/aromatic N) is 1. The summed E-state index contributed by atoms with van der Waals surface area (Å²) >= 11 is 0. The van der Waals surface area contributed by atoms with Gasteiger partial charge in [-0.2, -0.15) is 0 Å². The predicted octanol–water partition coefficient (Wildman–Crippen LogP) is 6.92. The number of carbonyl (C=O) groups is 1. The summed E-state index contributed by atoms with van der Waals surface area (Å²) in [6, 6.07) is 5.49. The molecule has 0 aromatic heterocycles. The van der Waals surface area contributed by atoms with Crippen molar-refractivity contribution in [2.45, 2.75) is 90.3 Å². The molecule has 0 fully saturated rings. The van der Waals surface area contributed by atoms with Crippen LogP contribution in [0.25, 0.3) is 0 Å². The molecular weight excluding hydrogens is 394 g/mol. The minimum absolute atomic E-state index is 0.0332. The second-order valence-electron chi connectivity index (χ2n) is 9.34. The molecule has 0 N–H and O–H groups in total. The maximum absolute atomic E-state index is 11.9. The standard InChI is InChI=1S/C24H37NO4Si/c1-24(2,3)30(4,5)20-14-12-10-8-6-7-9-11-13-19-29-23(26)21-15-17-22(18-16-21)25(27)28/h15-18H,6-13,19H2,1-5H3. The van der Waals surface area contributed by atoms with E-state index in [1.54, 1.807) is 0 Å². The van der Waals surface area contributed by atoms with E-state index in [4.69, 9.17) is 4.74 Å². The second-order valence-corrected chi connectivity index (χ2v) is 14.3. The zero-order chi connectivity index (χ0) is 22.6. The van der Waals surface area contributed by atoms with Crippen LogP contribution >= 0.6 is 0 Å². The highest BCUT2D eigenvalue weighted by Crippen LogP contribution is 2.35. The largest absolute Gasteiger partial charge is 0.462 e. The van der Waals surface area contributed by atoms with Gasteiger partial charge in [-0.1, -0.05) is 66.0 Å². The first kappa shape index (κ1) is 25.9. The number of hydrogen-bond acceptors (Lipinski definition) is 4. The van der Waals surface area contributed by atoms with Gasteiger partial charge in [0.2, 0.25) is 0 Å². The summed E-state index contributed by atoms with van der Waals surface area (Å²) in [4.78, 5) is 22.0. The van der Waals surface area contributed by atoms with Gasteiger partial charge >= 0.3 is 5.97 Å². The number of carbonyl (C=O) groups excluding carboxylic acids is 1. The number of nitro groups is 1. The van der Waals surface area contributed by atoms with Crippen LogP contribution in [-0.2, 0) is 4.74 Å². The molecule has 1 rings (SSSR count). The third-order valence-corrected chi connectivity index (χ3v) is 10.3. The Morgan fingerprint density at radius 1 is 1.00 bits per heavy atom. The normalized spacial score (nSPS) is 11.5. The predicted molar refractivity (Wildman–Crippen MR) is 125 cm³/mol. The number of rotatable bonds is 11. The van der Waals surface area contributed by atoms with E-state index in [0.717, 1.165) is 25.7 Å². The first-order valence-electron chi connectivity index (χ1n) is 11.0. The van der Waals surface area contributed by atoms with E-state index < -0.39 is 19.0 Å². The van der Waals surface area contributed by atoms with Crippen molar-refractivity contribution in [2.24, 2.45) is 0 Å². The van der Waals surface area contributed by atoms with Gasteiger partial charge < -0.3 is 4.74 Å². The first-order chi connectivity index (χ1) is 14.0. The number of unbranched alkanes of at least 4 members (excludes halogenated alkanes) is 7. The molecule has 6 heteroatoms. The van der Waals surface area contributed by atoms with Gasteiger partial charge in [0.15, 0.2) is 0 Å². The van der Waals surface area contributed by atoms with E-state index in [0.29, 0.717) is 17.2 Å². The molecular formula is C24H37NO4Si. The molecule has 0 aliphatic heterocycles. The third-order valence-electron chi connectivity index (χ3n) is 5.77. The number of benzene rings is 1. The smallest absolute Gasteiger partial charge is 0.338 e. The molecule has 166 valence electrons. The lowest BCUT2D eigenvalue weighted by Gasteiger charge is -2.31. The van der Waals surface area contributed by atoms with Crippen molar-refractivity contribution in [1.29, 1.82) is 0 Å². The van der Waals surface area contributed by atoms with Crippen LogP contribution in [0.1, 0.15) is 82.5 Å². The molecule has 0 radical (unpaired) electrons. The highest BCUT2D eigenvalue weighted by Gasteiger charge is 2.33. The van der Waals surface area contributed by atoms with E-state index in [1.807, 2.05) is 0 Å². The van der Waals surface area contributed by atoms with Gasteiger partial charge in [-0.05, 0) is 30.0 Å². The lowest BCUT2D eigenvalue weighted by molar-refractivity contribution is -0.384. The fourth-order valence-electron chi connectivity index (χ4n) is 2.64. The van der Waals surface area contributed by atoms with E-state index in [1.165, 1.54) is 49.9 Å². The third kappa shape index (κ3) is 9.58. The van der Waals surface area contributed by atoms with Crippen molar-refractivity contribution in [3.8, 4) is 11.5 Å². The van der Waals surface area contributed by atoms with Crippen LogP contribution in [0.5, 0.6) is 0 Å². The van der Waals surface area contributed by atoms with Gasteiger partial charge in [0.05, 0.1) is 17.1 Å². The van der Waals surface area contributed by atoms with Gasteiger partial charge in [-0.3, -0.25) is 10.1 Å². The molecule has 1 aromatic rings. The van der Waals surface area contributed by atoms with Gasteiger partial charge in [0.1, 0.15) is 8.07 Å². The van der Waals surface area contributed by atoms with Crippen molar-refractivity contribution >= 4 is 19.7 Å². The number of nitro benzene ring substituents is 1. The topological polar surface area (TPSA) is 69.4 Å². The van der Waals surface area contributed by atoms with E-state index in [-0.39, 0.29) is 5.69 Å². The molecule has 0 atom stereocenters. The van der Waals surface area contributed by atoms with Crippen LogP contribution in [0, 0.1) is 21.6 Å². The monoisotopic (exact) mass is 431 g/mol. The number of esters is 1. The molecule has 0 heterocycles. The van der Waals surface area contributed by atoms with Gasteiger partial charge in [-0.25, -0.2) is 4.79 Å². The molecule has 0 saturated carbocycles. The maximum Gasteiger partial charge on any atom is 0.338 e. The molecule has 0 amide bonds. The van der Waals surface area contributed by atoms with E-state index in [2.05, 4.69) is 45.3 Å². The molecule has 0 aliphatic rings. The summed E-state index contributed by atoms with van der Waals surface area (Å²) in [6.07, 6.45) is 8.86. The maximum atomic E-state index is 11.9. The Labute approximate surface area is 182 Å². The van der Waals surface area contributed by atoms with Crippen LogP contribution in [-0.4, -0.2) is 25.6 Å². The van der Waals surface area contributed by atoms with Crippen molar-refractivity contribution in [3.63, 3.8) is 0 Å². The van der Waals surface area contributed by atoms with Crippen LogP contribution in [0.2, 0.25) is 18.1 Å². The van der Waals surface area contributed by atoms with Gasteiger partial charge in [-0.15, -0.1) is 11.5 Å². The molecule has 0 spiro atoms. The summed E-state index contributed by atoms with van der Waals surface area (Å²) in [6.45, 7) is 12.0. The minimum Gasteiger partial charge on any atom is -0.462 e. The zero-order valence-electron chi connectivity index (χ0n) is 19.3. The Morgan fingerprint density at radius 2 is 1.53 bits per heavy atom. The molecule has 0 saturated heterocycles. The number of hydrogen-bond donors (Lipinski definition) is 0. The van der Waals surface area contributed by atoms with Gasteiger partial charge in [0.25, 0.3) is 5.69 Å². The second kappa shape index (κ2) is 12.5. The highest BCUT2D eigenvalue weighted by atomic mass is 28.3. The average molecular weight is 432 g/mol. The Kier molecular flexibility index (Phi) is 10.8. The van der Waals surface area contributed by atoms with Crippen molar-refractivity contribution in [1.82, 2.24) is 0 Å². The van der Waals surface area contributed by atoms with Gasteiger partial charge in [0, 0.05) is 18.6 Å². The Balaban J connectivity index is 2.05. The SMILES string of the molecule is CC(C)(C)[Si](C)(C)C#CCCCCCCCCCOC(=O)c1ccc([N+](=O)[O-])cc1. The lowest BCUT2D eigenvalue weighted by Crippen LogP contribution is -2.35.